The van der Waals surface area contributed by atoms with Crippen molar-refractivity contribution >= 4 is 17.3 Å². The van der Waals surface area contributed by atoms with Crippen LogP contribution in [0.25, 0.3) is 0 Å². The molecule has 2 N–H and O–H groups in total. The van der Waals surface area contributed by atoms with E-state index in [4.69, 9.17) is 9.47 Å². The molecule has 1 aliphatic rings. The Morgan fingerprint density at radius 2 is 1.88 bits per heavy atom. The van der Waals surface area contributed by atoms with Gasteiger partial charge in [-0.3, -0.25) is 4.79 Å². The quantitative estimate of drug-likeness (QED) is 0.822. The number of anilines is 2. The number of nitrogens with one attached hydrogen (secondary N) is 2. The zero-order valence-electron chi connectivity index (χ0n) is 15.2. The standard InChI is InChI=1S/C20H25N3O3/c1-25-16-9-11-17(19(12-16)26-2)22-15-8-10-18(21-13-15)20(24)23-14-6-4-3-5-7-14/h8-14,22H,3-7H2,1-2H3,(H,23,24). The summed E-state index contributed by atoms with van der Waals surface area (Å²) in [7, 11) is 3.22. The number of hydrogen-bond donors (Lipinski definition) is 2. The SMILES string of the molecule is COc1ccc(Nc2ccc(C(=O)NC3CCCCC3)nc2)c(OC)c1. The lowest BCUT2D eigenvalue weighted by molar-refractivity contribution is 0.0922. The smallest absolute Gasteiger partial charge is 0.270 e. The van der Waals surface area contributed by atoms with Gasteiger partial charge in [0, 0.05) is 12.1 Å². The highest BCUT2D eigenvalue weighted by atomic mass is 16.5. The van der Waals surface area contributed by atoms with Gasteiger partial charge in [0.25, 0.3) is 5.91 Å². The van der Waals surface area contributed by atoms with Crippen molar-refractivity contribution in [1.82, 2.24) is 10.3 Å². The lowest BCUT2D eigenvalue weighted by Gasteiger charge is -2.22. The van der Waals surface area contributed by atoms with Gasteiger partial charge in [-0.1, -0.05) is 19.3 Å². The molecule has 2 aromatic rings. The number of carbonyl (C=O) groups excluding carboxylic acids is 1. The summed E-state index contributed by atoms with van der Waals surface area (Å²) in [6, 6.07) is 9.38. The van der Waals surface area contributed by atoms with Crippen LogP contribution in [0.5, 0.6) is 11.5 Å². The van der Waals surface area contributed by atoms with Gasteiger partial charge in [-0.2, -0.15) is 0 Å². The van der Waals surface area contributed by atoms with Crippen molar-refractivity contribution in [3.8, 4) is 11.5 Å². The summed E-state index contributed by atoms with van der Waals surface area (Å²) in [5.41, 5.74) is 2.01. The summed E-state index contributed by atoms with van der Waals surface area (Å²) in [6.45, 7) is 0. The Balaban J connectivity index is 1.65. The summed E-state index contributed by atoms with van der Waals surface area (Å²) < 4.78 is 10.6. The maximum absolute atomic E-state index is 12.3. The first-order chi connectivity index (χ1) is 12.7. The molecular formula is C20H25N3O3. The van der Waals surface area contributed by atoms with Crippen molar-refractivity contribution in [2.75, 3.05) is 19.5 Å². The second-order valence-electron chi connectivity index (χ2n) is 6.43. The molecule has 138 valence electrons. The molecule has 0 spiro atoms. The van der Waals surface area contributed by atoms with Crippen LogP contribution in [0.2, 0.25) is 0 Å². The summed E-state index contributed by atoms with van der Waals surface area (Å²) in [6.07, 6.45) is 7.40. The van der Waals surface area contributed by atoms with Crippen LogP contribution in [0.4, 0.5) is 11.4 Å². The molecule has 1 heterocycles. The Hall–Kier alpha value is -2.76. The largest absolute Gasteiger partial charge is 0.497 e. The van der Waals surface area contributed by atoms with Crippen LogP contribution in [0.1, 0.15) is 42.6 Å². The van der Waals surface area contributed by atoms with Gasteiger partial charge in [-0.05, 0) is 37.1 Å². The van der Waals surface area contributed by atoms with Crippen LogP contribution in [0, 0.1) is 0 Å². The third-order valence-corrected chi connectivity index (χ3v) is 4.62. The predicted octanol–water partition coefficient (Wildman–Crippen LogP) is 3.90. The third kappa shape index (κ3) is 4.45. The van der Waals surface area contributed by atoms with Crippen molar-refractivity contribution < 1.29 is 14.3 Å². The van der Waals surface area contributed by atoms with Gasteiger partial charge in [-0.15, -0.1) is 0 Å². The molecule has 0 aliphatic heterocycles. The van der Waals surface area contributed by atoms with Gasteiger partial charge in [0.15, 0.2) is 0 Å². The molecule has 6 heteroatoms. The molecule has 3 rings (SSSR count). The molecule has 0 atom stereocenters. The van der Waals surface area contributed by atoms with Gasteiger partial charge in [0.05, 0.1) is 31.8 Å². The molecule has 1 aromatic carbocycles. The van der Waals surface area contributed by atoms with Crippen molar-refractivity contribution in [3.63, 3.8) is 0 Å². The number of aromatic nitrogens is 1. The Kier molecular flexibility index (Phi) is 5.94. The van der Waals surface area contributed by atoms with E-state index in [1.54, 1.807) is 26.5 Å². The summed E-state index contributed by atoms with van der Waals surface area (Å²) in [5.74, 6) is 1.29. The molecule has 6 nitrogen and oxygen atoms in total. The third-order valence-electron chi connectivity index (χ3n) is 4.62. The number of amides is 1. The molecule has 0 bridgehead atoms. The number of ether oxygens (including phenoxy) is 2. The second-order valence-corrected chi connectivity index (χ2v) is 6.43. The van der Waals surface area contributed by atoms with Crippen LogP contribution < -0.4 is 20.1 Å². The maximum Gasteiger partial charge on any atom is 0.270 e. The molecule has 1 amide bonds. The van der Waals surface area contributed by atoms with Crippen LogP contribution in [-0.4, -0.2) is 31.2 Å². The normalized spacial score (nSPS) is 14.5. The number of benzene rings is 1. The van der Waals surface area contributed by atoms with E-state index in [0.29, 0.717) is 11.4 Å². The molecule has 1 aromatic heterocycles. The fourth-order valence-corrected chi connectivity index (χ4v) is 3.17. The topological polar surface area (TPSA) is 72.5 Å². The van der Waals surface area contributed by atoms with Crippen LogP contribution >= 0.6 is 0 Å². The number of rotatable bonds is 6. The van der Waals surface area contributed by atoms with E-state index in [0.717, 1.165) is 30.0 Å². The number of carbonyl (C=O) groups is 1. The molecular weight excluding hydrogens is 330 g/mol. The van der Waals surface area contributed by atoms with Gasteiger partial charge >= 0.3 is 0 Å². The summed E-state index contributed by atoms with van der Waals surface area (Å²) in [5, 5.41) is 6.33. The minimum Gasteiger partial charge on any atom is -0.497 e. The van der Waals surface area contributed by atoms with E-state index in [-0.39, 0.29) is 11.9 Å². The number of pyridine rings is 1. The van der Waals surface area contributed by atoms with E-state index >= 15 is 0 Å². The first-order valence-corrected chi connectivity index (χ1v) is 8.95. The van der Waals surface area contributed by atoms with E-state index in [1.165, 1.54) is 19.3 Å². The second kappa shape index (κ2) is 8.56. The monoisotopic (exact) mass is 355 g/mol. The predicted molar refractivity (Wildman–Crippen MR) is 101 cm³/mol. The number of hydrogen-bond acceptors (Lipinski definition) is 5. The molecule has 1 saturated carbocycles. The Morgan fingerprint density at radius 3 is 2.54 bits per heavy atom. The highest BCUT2D eigenvalue weighted by Gasteiger charge is 2.17. The zero-order chi connectivity index (χ0) is 18.4. The minimum atomic E-state index is -0.106. The average Bonchev–Trinajstić information content (AvgIpc) is 2.69. The molecule has 26 heavy (non-hydrogen) atoms. The van der Waals surface area contributed by atoms with Crippen molar-refractivity contribution in [1.29, 1.82) is 0 Å². The molecule has 0 unspecified atom stereocenters. The first kappa shape index (κ1) is 18.0. The van der Waals surface area contributed by atoms with Gasteiger partial charge in [0.2, 0.25) is 0 Å². The van der Waals surface area contributed by atoms with E-state index in [1.807, 2.05) is 24.3 Å². The number of nitrogens with zero attached hydrogens (tertiary/aromatic N) is 1. The highest BCUT2D eigenvalue weighted by Crippen LogP contribution is 2.31. The Bertz CT molecular complexity index is 740. The molecule has 1 aliphatic carbocycles. The minimum absolute atomic E-state index is 0.106. The zero-order valence-corrected chi connectivity index (χ0v) is 15.2. The maximum atomic E-state index is 12.3. The summed E-state index contributed by atoms with van der Waals surface area (Å²) in [4.78, 5) is 16.6. The average molecular weight is 355 g/mol. The highest BCUT2D eigenvalue weighted by molar-refractivity contribution is 5.92. The van der Waals surface area contributed by atoms with Gasteiger partial charge in [0.1, 0.15) is 17.2 Å². The van der Waals surface area contributed by atoms with Crippen LogP contribution in [0.15, 0.2) is 36.5 Å². The van der Waals surface area contributed by atoms with E-state index < -0.39 is 0 Å². The van der Waals surface area contributed by atoms with Crippen molar-refractivity contribution in [2.24, 2.45) is 0 Å². The van der Waals surface area contributed by atoms with E-state index in [2.05, 4.69) is 15.6 Å². The lowest BCUT2D eigenvalue weighted by atomic mass is 9.95. The van der Waals surface area contributed by atoms with Crippen molar-refractivity contribution in [3.05, 3.63) is 42.2 Å². The van der Waals surface area contributed by atoms with E-state index in [9.17, 15) is 4.79 Å². The van der Waals surface area contributed by atoms with Gasteiger partial charge < -0.3 is 20.1 Å². The summed E-state index contributed by atoms with van der Waals surface area (Å²) >= 11 is 0. The fraction of sp³-hybridized carbons (Fsp3) is 0.400. The fourth-order valence-electron chi connectivity index (χ4n) is 3.17. The Labute approximate surface area is 153 Å². The van der Waals surface area contributed by atoms with Crippen LogP contribution in [-0.2, 0) is 0 Å². The Morgan fingerprint density at radius 1 is 1.08 bits per heavy atom. The molecule has 1 fully saturated rings. The van der Waals surface area contributed by atoms with Crippen molar-refractivity contribution in [2.45, 2.75) is 38.1 Å². The first-order valence-electron chi connectivity index (χ1n) is 8.95. The number of methoxy groups -OCH3 is 2. The van der Waals surface area contributed by atoms with Gasteiger partial charge in [-0.25, -0.2) is 4.98 Å². The molecule has 0 radical (unpaired) electrons. The lowest BCUT2D eigenvalue weighted by Crippen LogP contribution is -2.36. The van der Waals surface area contributed by atoms with Crippen LogP contribution in [0.3, 0.4) is 0 Å². The molecule has 0 saturated heterocycles.